The van der Waals surface area contributed by atoms with Crippen LogP contribution in [-0.4, -0.2) is 21.2 Å². The van der Waals surface area contributed by atoms with E-state index in [9.17, 15) is 9.59 Å². The molecule has 0 aliphatic rings. The van der Waals surface area contributed by atoms with Gasteiger partial charge in [-0.05, 0) is 54.1 Å². The van der Waals surface area contributed by atoms with Crippen molar-refractivity contribution in [2.24, 2.45) is 0 Å². The molecule has 0 aliphatic carbocycles. The van der Waals surface area contributed by atoms with Gasteiger partial charge in [0.25, 0.3) is 5.56 Å². The molecule has 4 rings (SSSR count). The summed E-state index contributed by atoms with van der Waals surface area (Å²) in [6.45, 7) is 0.110. The number of ether oxygens (including phenoxy) is 1. The van der Waals surface area contributed by atoms with E-state index < -0.39 is 11.2 Å². The van der Waals surface area contributed by atoms with Crippen molar-refractivity contribution < 1.29 is 4.74 Å². The van der Waals surface area contributed by atoms with Crippen LogP contribution in [0.2, 0.25) is 5.02 Å². The fourth-order valence-corrected chi connectivity index (χ4v) is 3.32. The first kappa shape index (κ1) is 18.0. The van der Waals surface area contributed by atoms with Crippen LogP contribution in [0.25, 0.3) is 16.7 Å². The van der Waals surface area contributed by atoms with Crippen LogP contribution in [0, 0.1) is 0 Å². The molecule has 2 aromatic carbocycles. The third kappa shape index (κ3) is 3.18. The Morgan fingerprint density at radius 1 is 1.04 bits per heavy atom. The van der Waals surface area contributed by atoms with Crippen molar-refractivity contribution in [3.63, 3.8) is 0 Å². The van der Waals surface area contributed by atoms with E-state index in [0.29, 0.717) is 27.5 Å². The number of halogens is 1. The molecule has 4 aromatic rings. The minimum Gasteiger partial charge on any atom is -0.497 e. The van der Waals surface area contributed by atoms with E-state index in [0.717, 1.165) is 5.56 Å². The zero-order valence-electron chi connectivity index (χ0n) is 15.0. The molecule has 0 radical (unpaired) electrons. The molecular formula is C21H16ClN3O3. The third-order valence-corrected chi connectivity index (χ3v) is 4.69. The lowest BCUT2D eigenvalue weighted by Gasteiger charge is -2.14. The Balaban J connectivity index is 1.98. The van der Waals surface area contributed by atoms with E-state index in [1.807, 2.05) is 6.07 Å². The lowest BCUT2D eigenvalue weighted by molar-refractivity contribution is 0.414. The Morgan fingerprint density at radius 2 is 1.82 bits per heavy atom. The lowest BCUT2D eigenvalue weighted by atomic mass is 10.2. The van der Waals surface area contributed by atoms with E-state index in [-0.39, 0.29) is 6.54 Å². The van der Waals surface area contributed by atoms with Crippen molar-refractivity contribution in [1.29, 1.82) is 0 Å². The minimum absolute atomic E-state index is 0.110. The molecular weight excluding hydrogens is 378 g/mol. The largest absolute Gasteiger partial charge is 0.497 e. The summed E-state index contributed by atoms with van der Waals surface area (Å²) < 4.78 is 7.81. The highest BCUT2D eigenvalue weighted by Gasteiger charge is 2.15. The Kier molecular flexibility index (Phi) is 4.71. The molecule has 0 unspecified atom stereocenters. The molecule has 0 spiro atoms. The SMILES string of the molecule is COc1ccc(-n2c(=O)n(Cc3cccc(Cl)c3)c(=O)c3cccnc32)cc1. The summed E-state index contributed by atoms with van der Waals surface area (Å²) in [6, 6.07) is 17.4. The van der Waals surface area contributed by atoms with E-state index in [2.05, 4.69) is 4.98 Å². The van der Waals surface area contributed by atoms with E-state index >= 15 is 0 Å². The molecule has 0 bridgehead atoms. The van der Waals surface area contributed by atoms with Gasteiger partial charge in [-0.25, -0.2) is 14.3 Å². The van der Waals surface area contributed by atoms with Gasteiger partial charge in [0, 0.05) is 11.2 Å². The van der Waals surface area contributed by atoms with Crippen LogP contribution in [0.5, 0.6) is 5.75 Å². The number of rotatable bonds is 4. The quantitative estimate of drug-likeness (QED) is 0.533. The molecule has 0 saturated carbocycles. The molecule has 2 heterocycles. The normalized spacial score (nSPS) is 10.9. The number of methoxy groups -OCH3 is 1. The van der Waals surface area contributed by atoms with Gasteiger partial charge in [0.05, 0.1) is 24.7 Å². The highest BCUT2D eigenvalue weighted by Crippen LogP contribution is 2.17. The second-order valence-corrected chi connectivity index (χ2v) is 6.65. The summed E-state index contributed by atoms with van der Waals surface area (Å²) in [5.41, 5.74) is 0.801. The van der Waals surface area contributed by atoms with Crippen LogP contribution in [-0.2, 0) is 6.54 Å². The number of hydrogen-bond donors (Lipinski definition) is 0. The highest BCUT2D eigenvalue weighted by atomic mass is 35.5. The highest BCUT2D eigenvalue weighted by molar-refractivity contribution is 6.30. The minimum atomic E-state index is -0.471. The van der Waals surface area contributed by atoms with Crippen molar-refractivity contribution in [3.8, 4) is 11.4 Å². The zero-order valence-corrected chi connectivity index (χ0v) is 15.8. The lowest BCUT2D eigenvalue weighted by Crippen LogP contribution is -2.40. The fourth-order valence-electron chi connectivity index (χ4n) is 3.11. The second kappa shape index (κ2) is 7.32. The van der Waals surface area contributed by atoms with Crippen molar-refractivity contribution >= 4 is 22.6 Å². The van der Waals surface area contributed by atoms with Gasteiger partial charge in [-0.1, -0.05) is 23.7 Å². The maximum Gasteiger partial charge on any atom is 0.337 e. The average molecular weight is 394 g/mol. The molecule has 28 heavy (non-hydrogen) atoms. The van der Waals surface area contributed by atoms with Gasteiger partial charge in [0.1, 0.15) is 5.75 Å². The van der Waals surface area contributed by atoms with Crippen LogP contribution >= 0.6 is 11.6 Å². The number of pyridine rings is 1. The maximum absolute atomic E-state index is 13.3. The smallest absolute Gasteiger partial charge is 0.337 e. The first-order valence-corrected chi connectivity index (χ1v) is 8.96. The van der Waals surface area contributed by atoms with Gasteiger partial charge in [0.15, 0.2) is 5.65 Å². The number of aromatic nitrogens is 3. The molecule has 0 atom stereocenters. The zero-order chi connectivity index (χ0) is 19.7. The maximum atomic E-state index is 13.3. The van der Waals surface area contributed by atoms with E-state index in [1.54, 1.807) is 67.9 Å². The Morgan fingerprint density at radius 3 is 2.54 bits per heavy atom. The van der Waals surface area contributed by atoms with Crippen LogP contribution < -0.4 is 16.0 Å². The van der Waals surface area contributed by atoms with E-state index in [4.69, 9.17) is 16.3 Å². The molecule has 0 saturated heterocycles. The number of fused-ring (bicyclic) bond motifs is 1. The summed E-state index contributed by atoms with van der Waals surface area (Å²) in [6.07, 6.45) is 1.56. The van der Waals surface area contributed by atoms with Crippen molar-refractivity contribution in [1.82, 2.24) is 14.1 Å². The first-order chi connectivity index (χ1) is 13.6. The van der Waals surface area contributed by atoms with Gasteiger partial charge in [-0.15, -0.1) is 0 Å². The second-order valence-electron chi connectivity index (χ2n) is 6.21. The number of hydrogen-bond acceptors (Lipinski definition) is 4. The van der Waals surface area contributed by atoms with Gasteiger partial charge < -0.3 is 4.74 Å². The van der Waals surface area contributed by atoms with Gasteiger partial charge in [-0.3, -0.25) is 9.36 Å². The van der Waals surface area contributed by atoms with Crippen molar-refractivity contribution in [2.75, 3.05) is 7.11 Å². The summed E-state index contributed by atoms with van der Waals surface area (Å²) in [5.74, 6) is 0.668. The van der Waals surface area contributed by atoms with Crippen LogP contribution in [0.15, 0.2) is 76.4 Å². The Labute approximate surface area is 165 Å². The fraction of sp³-hybridized carbons (Fsp3) is 0.0952. The van der Waals surface area contributed by atoms with Crippen LogP contribution in [0.1, 0.15) is 5.56 Å². The summed E-state index contributed by atoms with van der Waals surface area (Å²) >= 11 is 6.05. The van der Waals surface area contributed by atoms with Gasteiger partial charge in [0.2, 0.25) is 0 Å². The first-order valence-electron chi connectivity index (χ1n) is 8.58. The summed E-state index contributed by atoms with van der Waals surface area (Å²) in [7, 11) is 1.57. The van der Waals surface area contributed by atoms with Crippen molar-refractivity contribution in [3.05, 3.63) is 98.3 Å². The van der Waals surface area contributed by atoms with Gasteiger partial charge >= 0.3 is 5.69 Å². The van der Waals surface area contributed by atoms with Gasteiger partial charge in [-0.2, -0.15) is 0 Å². The molecule has 0 fully saturated rings. The molecule has 2 aromatic heterocycles. The molecule has 7 heteroatoms. The topological polar surface area (TPSA) is 66.1 Å². The molecule has 0 aliphatic heterocycles. The molecule has 140 valence electrons. The number of nitrogens with zero attached hydrogens (tertiary/aromatic N) is 3. The molecule has 6 nitrogen and oxygen atoms in total. The molecule has 0 amide bonds. The predicted octanol–water partition coefficient (Wildman–Crippen LogP) is 3.26. The van der Waals surface area contributed by atoms with E-state index in [1.165, 1.54) is 9.13 Å². The monoisotopic (exact) mass is 393 g/mol. The summed E-state index contributed by atoms with van der Waals surface area (Å²) in [5, 5.41) is 0.906. The van der Waals surface area contributed by atoms with Crippen molar-refractivity contribution in [2.45, 2.75) is 6.54 Å². The van der Waals surface area contributed by atoms with Crippen LogP contribution in [0.4, 0.5) is 0 Å². The van der Waals surface area contributed by atoms with Crippen LogP contribution in [0.3, 0.4) is 0 Å². The average Bonchev–Trinajstić information content (AvgIpc) is 2.72. The predicted molar refractivity (Wildman–Crippen MR) is 109 cm³/mol. The summed E-state index contributed by atoms with van der Waals surface area (Å²) in [4.78, 5) is 30.5. The Hall–Kier alpha value is -3.38. The third-order valence-electron chi connectivity index (χ3n) is 4.46. The Bertz CT molecular complexity index is 1280. The molecule has 0 N–H and O–H groups in total. The standard InChI is InChI=1S/C21H16ClN3O3/c1-28-17-9-7-16(8-10-17)25-19-18(6-3-11-23-19)20(26)24(21(25)27)13-14-4-2-5-15(22)12-14/h2-12H,13H2,1H3. The number of benzene rings is 2.